The van der Waals surface area contributed by atoms with Crippen LogP contribution in [0.4, 0.5) is 14.5 Å². The number of carbonyl (C=O) groups excluding carboxylic acids is 1. The van der Waals surface area contributed by atoms with Gasteiger partial charge in [0.25, 0.3) is 5.91 Å². The molecule has 1 aromatic rings. The SMILES string of the molecule is CCN1CCCC1CNC(=O)c1cc(F)c(F)cc1N. The number of nitrogens with one attached hydrogen (secondary N) is 1. The number of nitrogen functional groups attached to an aromatic ring is 1. The third kappa shape index (κ3) is 3.07. The molecule has 1 aliphatic heterocycles. The predicted molar refractivity (Wildman–Crippen MR) is 73.4 cm³/mol. The van der Waals surface area contributed by atoms with Crippen molar-refractivity contribution in [1.29, 1.82) is 0 Å². The largest absolute Gasteiger partial charge is 0.398 e. The molecular weight excluding hydrogens is 264 g/mol. The van der Waals surface area contributed by atoms with Crippen LogP contribution in [-0.2, 0) is 0 Å². The van der Waals surface area contributed by atoms with Crippen LogP contribution in [-0.4, -0.2) is 36.5 Å². The molecule has 1 saturated heterocycles. The maximum absolute atomic E-state index is 13.2. The Kier molecular flexibility index (Phi) is 4.54. The second-order valence-corrected chi connectivity index (χ2v) is 4.99. The van der Waals surface area contributed by atoms with Gasteiger partial charge in [0.1, 0.15) is 0 Å². The van der Waals surface area contributed by atoms with E-state index in [4.69, 9.17) is 5.73 Å². The van der Waals surface area contributed by atoms with Crippen LogP contribution in [0.15, 0.2) is 12.1 Å². The number of benzene rings is 1. The minimum Gasteiger partial charge on any atom is -0.398 e. The monoisotopic (exact) mass is 283 g/mol. The Morgan fingerprint density at radius 1 is 1.45 bits per heavy atom. The Hall–Kier alpha value is -1.69. The first kappa shape index (κ1) is 14.7. The van der Waals surface area contributed by atoms with Crippen LogP contribution >= 0.6 is 0 Å². The standard InChI is InChI=1S/C14H19F2N3O/c1-2-19-5-3-4-9(19)8-18-14(20)10-6-11(15)12(16)7-13(10)17/h6-7,9H,2-5,8,17H2,1H3,(H,18,20). The number of likely N-dealkylation sites (tertiary alicyclic amines) is 1. The zero-order valence-corrected chi connectivity index (χ0v) is 11.5. The predicted octanol–water partition coefficient (Wildman–Crippen LogP) is 1.76. The molecule has 1 unspecified atom stereocenters. The lowest BCUT2D eigenvalue weighted by Gasteiger charge is -2.23. The topological polar surface area (TPSA) is 58.4 Å². The van der Waals surface area contributed by atoms with Crippen LogP contribution in [0.25, 0.3) is 0 Å². The first-order chi connectivity index (χ1) is 9.52. The summed E-state index contributed by atoms with van der Waals surface area (Å²) in [6.45, 7) is 4.54. The Morgan fingerprint density at radius 3 is 2.85 bits per heavy atom. The highest BCUT2D eigenvalue weighted by atomic mass is 19.2. The number of anilines is 1. The fraction of sp³-hybridized carbons (Fsp3) is 0.500. The fourth-order valence-corrected chi connectivity index (χ4v) is 2.61. The third-order valence-corrected chi connectivity index (χ3v) is 3.74. The van der Waals surface area contributed by atoms with Crippen molar-refractivity contribution in [2.24, 2.45) is 0 Å². The number of rotatable bonds is 4. The van der Waals surface area contributed by atoms with Crippen LogP contribution in [0.1, 0.15) is 30.1 Å². The molecule has 1 amide bonds. The van der Waals surface area contributed by atoms with Crippen molar-refractivity contribution in [3.63, 3.8) is 0 Å². The van der Waals surface area contributed by atoms with Gasteiger partial charge in [0.05, 0.1) is 5.56 Å². The molecule has 0 aliphatic carbocycles. The van der Waals surface area contributed by atoms with Crippen molar-refractivity contribution >= 4 is 11.6 Å². The van der Waals surface area contributed by atoms with E-state index in [1.807, 2.05) is 0 Å². The Labute approximate surface area is 116 Å². The van der Waals surface area contributed by atoms with Crippen LogP contribution in [0, 0.1) is 11.6 Å². The molecule has 6 heteroatoms. The lowest BCUT2D eigenvalue weighted by atomic mass is 10.1. The van der Waals surface area contributed by atoms with Gasteiger partial charge in [0, 0.05) is 24.3 Å². The van der Waals surface area contributed by atoms with Crippen molar-refractivity contribution in [3.8, 4) is 0 Å². The summed E-state index contributed by atoms with van der Waals surface area (Å²) in [5.74, 6) is -2.59. The molecular formula is C14H19F2N3O. The number of halogens is 2. The van der Waals surface area contributed by atoms with Crippen LogP contribution in [0.2, 0.25) is 0 Å². The molecule has 1 fully saturated rings. The van der Waals surface area contributed by atoms with Crippen molar-refractivity contribution in [2.45, 2.75) is 25.8 Å². The molecule has 110 valence electrons. The highest BCUT2D eigenvalue weighted by Crippen LogP contribution is 2.18. The number of hydrogen-bond donors (Lipinski definition) is 2. The quantitative estimate of drug-likeness (QED) is 0.828. The molecule has 20 heavy (non-hydrogen) atoms. The summed E-state index contributed by atoms with van der Waals surface area (Å²) < 4.78 is 26.1. The van der Waals surface area contributed by atoms with Gasteiger partial charge in [-0.3, -0.25) is 9.69 Å². The van der Waals surface area contributed by atoms with Crippen molar-refractivity contribution < 1.29 is 13.6 Å². The highest BCUT2D eigenvalue weighted by molar-refractivity contribution is 5.99. The van der Waals surface area contributed by atoms with E-state index in [2.05, 4.69) is 17.1 Å². The minimum atomic E-state index is -1.07. The van der Waals surface area contributed by atoms with E-state index in [0.717, 1.165) is 38.1 Å². The number of nitrogens with zero attached hydrogens (tertiary/aromatic N) is 1. The van der Waals surface area contributed by atoms with E-state index in [-0.39, 0.29) is 11.3 Å². The van der Waals surface area contributed by atoms with Gasteiger partial charge in [-0.05, 0) is 32.0 Å². The molecule has 1 heterocycles. The molecule has 0 spiro atoms. The molecule has 3 N–H and O–H groups in total. The summed E-state index contributed by atoms with van der Waals surface area (Å²) in [4.78, 5) is 14.3. The van der Waals surface area contributed by atoms with Gasteiger partial charge in [-0.15, -0.1) is 0 Å². The van der Waals surface area contributed by atoms with E-state index in [1.165, 1.54) is 0 Å². The number of amides is 1. The van der Waals surface area contributed by atoms with Crippen LogP contribution in [0.3, 0.4) is 0 Å². The first-order valence-electron chi connectivity index (χ1n) is 6.79. The molecule has 0 bridgehead atoms. The normalized spacial score (nSPS) is 19.2. The average Bonchev–Trinajstić information content (AvgIpc) is 2.87. The van der Waals surface area contributed by atoms with E-state index in [9.17, 15) is 13.6 Å². The van der Waals surface area contributed by atoms with Gasteiger partial charge < -0.3 is 11.1 Å². The summed E-state index contributed by atoms with van der Waals surface area (Å²) in [5.41, 5.74) is 5.47. The summed E-state index contributed by atoms with van der Waals surface area (Å²) in [7, 11) is 0. The molecule has 0 radical (unpaired) electrons. The Balaban J connectivity index is 2.00. The Morgan fingerprint density at radius 2 is 2.15 bits per heavy atom. The smallest absolute Gasteiger partial charge is 0.253 e. The maximum atomic E-state index is 13.2. The van der Waals surface area contributed by atoms with Gasteiger partial charge in [0.2, 0.25) is 0 Å². The number of nitrogens with two attached hydrogens (primary N) is 1. The Bertz CT molecular complexity index is 507. The zero-order chi connectivity index (χ0) is 14.7. The molecule has 1 atom stereocenters. The third-order valence-electron chi connectivity index (χ3n) is 3.74. The second-order valence-electron chi connectivity index (χ2n) is 4.99. The van der Waals surface area contributed by atoms with E-state index >= 15 is 0 Å². The summed E-state index contributed by atoms with van der Waals surface area (Å²) >= 11 is 0. The molecule has 2 rings (SSSR count). The summed E-state index contributed by atoms with van der Waals surface area (Å²) in [5, 5.41) is 2.74. The van der Waals surface area contributed by atoms with Crippen molar-refractivity contribution in [2.75, 3.05) is 25.4 Å². The van der Waals surface area contributed by atoms with Gasteiger partial charge in [-0.2, -0.15) is 0 Å². The lowest BCUT2D eigenvalue weighted by molar-refractivity contribution is 0.0941. The lowest BCUT2D eigenvalue weighted by Crippen LogP contribution is -2.40. The molecule has 0 aromatic heterocycles. The number of likely N-dealkylation sites (N-methyl/N-ethyl adjacent to an activating group) is 1. The summed E-state index contributed by atoms with van der Waals surface area (Å²) in [6.07, 6.45) is 2.14. The average molecular weight is 283 g/mol. The molecule has 0 saturated carbocycles. The molecule has 1 aromatic carbocycles. The van der Waals surface area contributed by atoms with Crippen molar-refractivity contribution in [1.82, 2.24) is 10.2 Å². The van der Waals surface area contributed by atoms with Gasteiger partial charge >= 0.3 is 0 Å². The maximum Gasteiger partial charge on any atom is 0.253 e. The number of hydrogen-bond acceptors (Lipinski definition) is 3. The zero-order valence-electron chi connectivity index (χ0n) is 11.5. The minimum absolute atomic E-state index is 0.0232. The van der Waals surface area contributed by atoms with Gasteiger partial charge in [0.15, 0.2) is 11.6 Å². The molecule has 1 aliphatic rings. The highest BCUT2D eigenvalue weighted by Gasteiger charge is 2.24. The first-order valence-corrected chi connectivity index (χ1v) is 6.79. The second kappa shape index (κ2) is 6.17. The fourth-order valence-electron chi connectivity index (χ4n) is 2.61. The number of carbonyl (C=O) groups is 1. The van der Waals surface area contributed by atoms with Crippen LogP contribution < -0.4 is 11.1 Å². The van der Waals surface area contributed by atoms with Crippen LogP contribution in [0.5, 0.6) is 0 Å². The molecule has 4 nitrogen and oxygen atoms in total. The van der Waals surface area contributed by atoms with Gasteiger partial charge in [-0.1, -0.05) is 6.92 Å². The summed E-state index contributed by atoms with van der Waals surface area (Å²) in [6, 6.07) is 1.97. The van der Waals surface area contributed by atoms with E-state index in [0.29, 0.717) is 12.6 Å². The van der Waals surface area contributed by atoms with E-state index < -0.39 is 17.5 Å². The van der Waals surface area contributed by atoms with Crippen molar-refractivity contribution in [3.05, 3.63) is 29.3 Å². The van der Waals surface area contributed by atoms with Gasteiger partial charge in [-0.25, -0.2) is 8.78 Å². The van der Waals surface area contributed by atoms with E-state index in [1.54, 1.807) is 0 Å².